The van der Waals surface area contributed by atoms with Crippen molar-refractivity contribution in [3.63, 3.8) is 0 Å². The van der Waals surface area contributed by atoms with Crippen molar-refractivity contribution >= 4 is 22.9 Å². The van der Waals surface area contributed by atoms with Crippen LogP contribution in [0.2, 0.25) is 0 Å². The number of amides is 1. The summed E-state index contributed by atoms with van der Waals surface area (Å²) >= 11 is 1.53. The number of nitrogens with two attached hydrogens (primary N) is 1. The Balaban J connectivity index is 2.15. The number of benzene rings is 1. The summed E-state index contributed by atoms with van der Waals surface area (Å²) in [6, 6.07) is 4.96. The first-order valence-corrected chi connectivity index (χ1v) is 7.75. The molecule has 1 aromatic carbocycles. The van der Waals surface area contributed by atoms with Crippen molar-refractivity contribution in [2.24, 2.45) is 0 Å². The summed E-state index contributed by atoms with van der Waals surface area (Å²) in [5.74, 6) is 0.426. The molecule has 0 aliphatic rings. The van der Waals surface area contributed by atoms with E-state index >= 15 is 0 Å². The Bertz CT molecular complexity index is 599. The van der Waals surface area contributed by atoms with Gasteiger partial charge in [0.05, 0.1) is 12.6 Å². The van der Waals surface area contributed by atoms with Crippen LogP contribution in [0, 0.1) is 0 Å². The number of hydrogen-bond donors (Lipinski definition) is 2. The summed E-state index contributed by atoms with van der Waals surface area (Å²) in [6.45, 7) is 4.43. The standard InChI is InChI=1S/C15H19N3O2S/c1-3-13(15-17-5-6-21-15)18-14(19)10-7-11(16)9-12(8-10)20-4-2/h5-9,13H,3-4,16H2,1-2H3,(H,18,19). The largest absolute Gasteiger partial charge is 0.494 e. The zero-order valence-corrected chi connectivity index (χ0v) is 12.9. The minimum Gasteiger partial charge on any atom is -0.494 e. The van der Waals surface area contributed by atoms with E-state index in [2.05, 4.69) is 10.3 Å². The highest BCUT2D eigenvalue weighted by Gasteiger charge is 2.17. The lowest BCUT2D eigenvalue weighted by molar-refractivity contribution is 0.0935. The maximum atomic E-state index is 12.4. The van der Waals surface area contributed by atoms with Crippen molar-refractivity contribution < 1.29 is 9.53 Å². The molecule has 0 fully saturated rings. The van der Waals surface area contributed by atoms with Gasteiger partial charge in [-0.1, -0.05) is 6.92 Å². The van der Waals surface area contributed by atoms with Gasteiger partial charge >= 0.3 is 0 Å². The molecule has 1 unspecified atom stereocenters. The molecule has 0 bridgehead atoms. The summed E-state index contributed by atoms with van der Waals surface area (Å²) < 4.78 is 5.41. The highest BCUT2D eigenvalue weighted by Crippen LogP contribution is 2.22. The van der Waals surface area contributed by atoms with Crippen molar-refractivity contribution in [2.75, 3.05) is 12.3 Å². The topological polar surface area (TPSA) is 77.2 Å². The number of ether oxygens (including phenoxy) is 1. The van der Waals surface area contributed by atoms with Crippen LogP contribution in [-0.4, -0.2) is 17.5 Å². The van der Waals surface area contributed by atoms with Gasteiger partial charge in [-0.25, -0.2) is 4.98 Å². The Morgan fingerprint density at radius 3 is 2.86 bits per heavy atom. The summed E-state index contributed by atoms with van der Waals surface area (Å²) in [7, 11) is 0. The van der Waals surface area contributed by atoms with Gasteiger partial charge in [0.15, 0.2) is 0 Å². The zero-order chi connectivity index (χ0) is 15.2. The average Bonchev–Trinajstić information content (AvgIpc) is 2.98. The molecule has 0 saturated carbocycles. The van der Waals surface area contributed by atoms with Gasteiger partial charge in [-0.2, -0.15) is 0 Å². The van der Waals surface area contributed by atoms with E-state index in [-0.39, 0.29) is 11.9 Å². The second kappa shape index (κ2) is 7.08. The van der Waals surface area contributed by atoms with Gasteiger partial charge in [0.1, 0.15) is 10.8 Å². The smallest absolute Gasteiger partial charge is 0.252 e. The van der Waals surface area contributed by atoms with Crippen LogP contribution in [-0.2, 0) is 0 Å². The Morgan fingerprint density at radius 2 is 2.24 bits per heavy atom. The highest BCUT2D eigenvalue weighted by molar-refractivity contribution is 7.09. The molecule has 5 nitrogen and oxygen atoms in total. The van der Waals surface area contributed by atoms with Gasteiger partial charge in [-0.15, -0.1) is 11.3 Å². The van der Waals surface area contributed by atoms with Crippen molar-refractivity contribution in [2.45, 2.75) is 26.3 Å². The number of carbonyl (C=O) groups is 1. The average molecular weight is 305 g/mol. The lowest BCUT2D eigenvalue weighted by Crippen LogP contribution is -2.28. The second-order valence-electron chi connectivity index (χ2n) is 4.53. The lowest BCUT2D eigenvalue weighted by atomic mass is 10.1. The quantitative estimate of drug-likeness (QED) is 0.804. The molecule has 112 valence electrons. The SMILES string of the molecule is CCOc1cc(N)cc(C(=O)NC(CC)c2nccs2)c1. The first-order valence-electron chi connectivity index (χ1n) is 6.87. The molecule has 2 aromatic rings. The molecule has 1 heterocycles. The molecule has 1 aromatic heterocycles. The Kier molecular flexibility index (Phi) is 5.16. The van der Waals surface area contributed by atoms with E-state index in [4.69, 9.17) is 10.5 Å². The van der Waals surface area contributed by atoms with E-state index in [1.807, 2.05) is 19.2 Å². The van der Waals surface area contributed by atoms with Crippen LogP contribution in [0.5, 0.6) is 5.75 Å². The van der Waals surface area contributed by atoms with Crippen LogP contribution in [0.3, 0.4) is 0 Å². The number of nitrogen functional groups attached to an aromatic ring is 1. The molecule has 2 rings (SSSR count). The van der Waals surface area contributed by atoms with E-state index in [1.54, 1.807) is 24.4 Å². The third kappa shape index (κ3) is 3.95. The van der Waals surface area contributed by atoms with Gasteiger partial charge in [-0.3, -0.25) is 4.79 Å². The minimum atomic E-state index is -0.176. The van der Waals surface area contributed by atoms with Crippen molar-refractivity contribution in [1.29, 1.82) is 0 Å². The van der Waals surface area contributed by atoms with Gasteiger partial charge < -0.3 is 15.8 Å². The van der Waals surface area contributed by atoms with Crippen LogP contribution in [0.15, 0.2) is 29.8 Å². The van der Waals surface area contributed by atoms with Crippen LogP contribution in [0.4, 0.5) is 5.69 Å². The molecule has 0 spiro atoms. The van der Waals surface area contributed by atoms with Crippen LogP contribution in [0.25, 0.3) is 0 Å². The predicted molar refractivity (Wildman–Crippen MR) is 84.6 cm³/mol. The molecular weight excluding hydrogens is 286 g/mol. The van der Waals surface area contributed by atoms with Crippen molar-refractivity contribution in [3.8, 4) is 5.75 Å². The first kappa shape index (κ1) is 15.3. The zero-order valence-electron chi connectivity index (χ0n) is 12.1. The fraction of sp³-hybridized carbons (Fsp3) is 0.333. The summed E-state index contributed by atoms with van der Waals surface area (Å²) in [4.78, 5) is 16.6. The molecule has 0 aliphatic carbocycles. The number of anilines is 1. The molecule has 0 aliphatic heterocycles. The molecule has 1 atom stereocenters. The van der Waals surface area contributed by atoms with E-state index in [0.717, 1.165) is 11.4 Å². The summed E-state index contributed by atoms with van der Waals surface area (Å²) in [6.07, 6.45) is 2.52. The van der Waals surface area contributed by atoms with Gasteiger partial charge in [0.25, 0.3) is 5.91 Å². The number of nitrogens with zero attached hydrogens (tertiary/aromatic N) is 1. The monoisotopic (exact) mass is 305 g/mol. The second-order valence-corrected chi connectivity index (χ2v) is 5.45. The third-order valence-electron chi connectivity index (χ3n) is 2.97. The first-order chi connectivity index (χ1) is 10.1. The third-order valence-corrected chi connectivity index (χ3v) is 3.85. The van der Waals surface area contributed by atoms with Crippen LogP contribution >= 0.6 is 11.3 Å². The molecule has 6 heteroatoms. The van der Waals surface area contributed by atoms with Crippen molar-refractivity contribution in [3.05, 3.63) is 40.3 Å². The number of rotatable bonds is 6. The molecular formula is C15H19N3O2S. The van der Waals surface area contributed by atoms with Crippen LogP contribution < -0.4 is 15.8 Å². The fourth-order valence-electron chi connectivity index (χ4n) is 1.99. The van der Waals surface area contributed by atoms with E-state index in [1.165, 1.54) is 11.3 Å². The number of aromatic nitrogens is 1. The van der Waals surface area contributed by atoms with Crippen molar-refractivity contribution in [1.82, 2.24) is 10.3 Å². The normalized spacial score (nSPS) is 11.9. The number of nitrogens with one attached hydrogen (secondary N) is 1. The van der Waals surface area contributed by atoms with Crippen LogP contribution in [0.1, 0.15) is 41.7 Å². The highest BCUT2D eigenvalue weighted by atomic mass is 32.1. The van der Waals surface area contributed by atoms with Gasteiger partial charge in [-0.05, 0) is 25.5 Å². The lowest BCUT2D eigenvalue weighted by Gasteiger charge is -2.15. The van der Waals surface area contributed by atoms with E-state index in [9.17, 15) is 4.79 Å². The van der Waals surface area contributed by atoms with Gasteiger partial charge in [0.2, 0.25) is 0 Å². The predicted octanol–water partition coefficient (Wildman–Crippen LogP) is 3.01. The number of carbonyl (C=O) groups excluding carboxylic acids is 1. The Hall–Kier alpha value is -2.08. The molecule has 0 radical (unpaired) electrons. The number of thiazole rings is 1. The molecule has 21 heavy (non-hydrogen) atoms. The summed E-state index contributed by atoms with van der Waals surface area (Å²) in [5, 5.41) is 5.78. The minimum absolute atomic E-state index is 0.0884. The maximum absolute atomic E-state index is 12.4. The number of hydrogen-bond acceptors (Lipinski definition) is 5. The summed E-state index contributed by atoms with van der Waals surface area (Å²) in [5.41, 5.74) is 6.82. The molecule has 0 saturated heterocycles. The Labute approximate surface area is 128 Å². The molecule has 3 N–H and O–H groups in total. The maximum Gasteiger partial charge on any atom is 0.252 e. The van der Waals surface area contributed by atoms with Gasteiger partial charge in [0, 0.05) is 28.9 Å². The Morgan fingerprint density at radius 1 is 1.43 bits per heavy atom. The fourth-order valence-corrected chi connectivity index (χ4v) is 2.76. The van der Waals surface area contributed by atoms with E-state index < -0.39 is 0 Å². The van der Waals surface area contributed by atoms with E-state index in [0.29, 0.717) is 23.6 Å². The molecule has 1 amide bonds.